The zero-order chi connectivity index (χ0) is 15.5. The third-order valence-corrected chi connectivity index (χ3v) is 3.93. The summed E-state index contributed by atoms with van der Waals surface area (Å²) in [6, 6.07) is 15.5. The number of benzene rings is 2. The normalized spacial score (nSPS) is 11.4. The molecule has 0 saturated carbocycles. The lowest BCUT2D eigenvalue weighted by atomic mass is 9.77. The van der Waals surface area contributed by atoms with Gasteiger partial charge in [0.15, 0.2) is 5.78 Å². The summed E-state index contributed by atoms with van der Waals surface area (Å²) in [5.41, 5.74) is 8.87. The van der Waals surface area contributed by atoms with Gasteiger partial charge in [-0.15, -0.1) is 0 Å². The number of ketones is 1. The third kappa shape index (κ3) is 3.33. The van der Waals surface area contributed by atoms with Crippen LogP contribution in [0.25, 0.3) is 0 Å². The molecule has 0 unspecified atom stereocenters. The van der Waals surface area contributed by atoms with Crippen molar-refractivity contribution in [3.63, 3.8) is 0 Å². The maximum atomic E-state index is 12.9. The Bertz CT molecular complexity index is 626. The van der Waals surface area contributed by atoms with Gasteiger partial charge < -0.3 is 5.73 Å². The van der Waals surface area contributed by atoms with Gasteiger partial charge in [-0.3, -0.25) is 4.79 Å². The highest BCUT2D eigenvalue weighted by Gasteiger charge is 2.30. The first-order valence-electron chi connectivity index (χ1n) is 7.45. The van der Waals surface area contributed by atoms with Crippen molar-refractivity contribution >= 4 is 11.5 Å². The Morgan fingerprint density at radius 3 is 2.38 bits per heavy atom. The van der Waals surface area contributed by atoms with Crippen molar-refractivity contribution in [2.24, 2.45) is 0 Å². The quantitative estimate of drug-likeness (QED) is 0.652. The van der Waals surface area contributed by atoms with Crippen molar-refractivity contribution < 1.29 is 4.79 Å². The first-order valence-corrected chi connectivity index (χ1v) is 7.45. The van der Waals surface area contributed by atoms with Crippen LogP contribution in [0, 0.1) is 0 Å². The Balaban J connectivity index is 2.33. The van der Waals surface area contributed by atoms with E-state index in [1.54, 1.807) is 0 Å². The van der Waals surface area contributed by atoms with Gasteiger partial charge in [-0.05, 0) is 49.6 Å². The number of nitrogens with two attached hydrogens (primary N) is 1. The molecule has 0 aliphatic rings. The maximum absolute atomic E-state index is 12.9. The number of Topliss-reactive ketones (excluding diaryl/α,β-unsaturated/α-hetero) is 1. The molecule has 0 spiro atoms. The highest BCUT2D eigenvalue weighted by molar-refractivity contribution is 6.03. The number of hydrogen-bond acceptors (Lipinski definition) is 2. The van der Waals surface area contributed by atoms with Crippen LogP contribution < -0.4 is 5.73 Å². The second-order valence-corrected chi connectivity index (χ2v) is 6.03. The summed E-state index contributed by atoms with van der Waals surface area (Å²) >= 11 is 0. The molecule has 0 fully saturated rings. The van der Waals surface area contributed by atoms with E-state index in [1.807, 2.05) is 56.3 Å². The van der Waals surface area contributed by atoms with E-state index in [0.717, 1.165) is 24.0 Å². The Hall–Kier alpha value is -2.09. The first-order chi connectivity index (χ1) is 9.95. The molecular formula is C19H23NO. The van der Waals surface area contributed by atoms with Gasteiger partial charge in [-0.2, -0.15) is 0 Å². The van der Waals surface area contributed by atoms with E-state index < -0.39 is 5.41 Å². The van der Waals surface area contributed by atoms with Gasteiger partial charge in [0.25, 0.3) is 0 Å². The van der Waals surface area contributed by atoms with Crippen LogP contribution >= 0.6 is 0 Å². The van der Waals surface area contributed by atoms with Gasteiger partial charge in [0.05, 0.1) is 5.41 Å². The maximum Gasteiger partial charge on any atom is 0.172 e. The Labute approximate surface area is 127 Å². The largest absolute Gasteiger partial charge is 0.399 e. The molecule has 0 saturated heterocycles. The SMILES string of the molecule is CCCc1cccc(C(=O)C(C)(C)c2ccc(N)cc2)c1. The van der Waals surface area contributed by atoms with E-state index in [9.17, 15) is 4.79 Å². The molecule has 2 aromatic rings. The van der Waals surface area contributed by atoms with E-state index in [0.29, 0.717) is 5.69 Å². The molecule has 2 N–H and O–H groups in total. The number of carbonyl (C=O) groups is 1. The predicted octanol–water partition coefficient (Wildman–Crippen LogP) is 4.38. The number of carbonyl (C=O) groups excluding carboxylic acids is 1. The fourth-order valence-corrected chi connectivity index (χ4v) is 2.55. The van der Waals surface area contributed by atoms with Crippen molar-refractivity contribution in [2.45, 2.75) is 39.0 Å². The number of rotatable bonds is 5. The minimum absolute atomic E-state index is 0.144. The highest BCUT2D eigenvalue weighted by atomic mass is 16.1. The molecule has 0 aromatic heterocycles. The van der Waals surface area contributed by atoms with Crippen molar-refractivity contribution in [2.75, 3.05) is 5.73 Å². The zero-order valence-corrected chi connectivity index (χ0v) is 13.0. The molecule has 2 nitrogen and oxygen atoms in total. The molecule has 21 heavy (non-hydrogen) atoms. The van der Waals surface area contributed by atoms with E-state index in [-0.39, 0.29) is 5.78 Å². The fourth-order valence-electron chi connectivity index (χ4n) is 2.55. The molecule has 0 amide bonds. The minimum Gasteiger partial charge on any atom is -0.399 e. The van der Waals surface area contributed by atoms with Crippen LogP contribution in [0.4, 0.5) is 5.69 Å². The molecule has 0 heterocycles. The summed E-state index contributed by atoms with van der Waals surface area (Å²) in [6.07, 6.45) is 2.09. The van der Waals surface area contributed by atoms with Crippen molar-refractivity contribution in [3.8, 4) is 0 Å². The van der Waals surface area contributed by atoms with Gasteiger partial charge in [0.2, 0.25) is 0 Å². The molecule has 0 aliphatic carbocycles. The van der Waals surface area contributed by atoms with Crippen LogP contribution in [-0.2, 0) is 11.8 Å². The second kappa shape index (κ2) is 6.13. The van der Waals surface area contributed by atoms with Crippen LogP contribution in [0.15, 0.2) is 48.5 Å². The van der Waals surface area contributed by atoms with E-state index >= 15 is 0 Å². The van der Waals surface area contributed by atoms with Crippen LogP contribution in [0.3, 0.4) is 0 Å². The molecular weight excluding hydrogens is 258 g/mol. The van der Waals surface area contributed by atoms with E-state index in [4.69, 9.17) is 5.73 Å². The van der Waals surface area contributed by atoms with Crippen molar-refractivity contribution in [3.05, 3.63) is 65.2 Å². The van der Waals surface area contributed by atoms with E-state index in [2.05, 4.69) is 13.0 Å². The molecule has 2 rings (SSSR count). The lowest BCUT2D eigenvalue weighted by Gasteiger charge is -2.24. The molecule has 0 atom stereocenters. The zero-order valence-electron chi connectivity index (χ0n) is 13.0. The van der Waals surface area contributed by atoms with Gasteiger partial charge >= 0.3 is 0 Å². The Morgan fingerprint density at radius 2 is 1.76 bits per heavy atom. The molecule has 0 bridgehead atoms. The van der Waals surface area contributed by atoms with Crippen molar-refractivity contribution in [1.29, 1.82) is 0 Å². The molecule has 2 aromatic carbocycles. The summed E-state index contributed by atoms with van der Waals surface area (Å²) in [5, 5.41) is 0. The minimum atomic E-state index is -0.557. The standard InChI is InChI=1S/C19H23NO/c1-4-6-14-7-5-8-15(13-14)18(21)19(2,3)16-9-11-17(20)12-10-16/h5,7-13H,4,6,20H2,1-3H3. The monoisotopic (exact) mass is 281 g/mol. The first kappa shape index (κ1) is 15.3. The van der Waals surface area contributed by atoms with Crippen LogP contribution in [0.2, 0.25) is 0 Å². The van der Waals surface area contributed by atoms with Crippen LogP contribution in [0.5, 0.6) is 0 Å². The van der Waals surface area contributed by atoms with Crippen LogP contribution in [-0.4, -0.2) is 5.78 Å². The fraction of sp³-hybridized carbons (Fsp3) is 0.316. The third-order valence-electron chi connectivity index (χ3n) is 3.93. The molecule has 110 valence electrons. The summed E-state index contributed by atoms with van der Waals surface area (Å²) in [5.74, 6) is 0.144. The Kier molecular flexibility index (Phi) is 4.46. The van der Waals surface area contributed by atoms with E-state index in [1.165, 1.54) is 5.56 Å². The average molecular weight is 281 g/mol. The molecule has 0 radical (unpaired) electrons. The molecule has 0 aliphatic heterocycles. The summed E-state index contributed by atoms with van der Waals surface area (Å²) in [6.45, 7) is 6.08. The molecule has 2 heteroatoms. The van der Waals surface area contributed by atoms with Gasteiger partial charge in [-0.1, -0.05) is 43.7 Å². The number of aryl methyl sites for hydroxylation is 1. The lowest BCUT2D eigenvalue weighted by Crippen LogP contribution is -2.29. The number of anilines is 1. The topological polar surface area (TPSA) is 43.1 Å². The number of nitrogen functional groups attached to an aromatic ring is 1. The van der Waals surface area contributed by atoms with Gasteiger partial charge in [-0.25, -0.2) is 0 Å². The second-order valence-electron chi connectivity index (χ2n) is 6.03. The van der Waals surface area contributed by atoms with Crippen LogP contribution in [0.1, 0.15) is 48.7 Å². The predicted molar refractivity (Wildman–Crippen MR) is 88.6 cm³/mol. The average Bonchev–Trinajstić information content (AvgIpc) is 2.47. The number of hydrogen-bond donors (Lipinski definition) is 1. The summed E-state index contributed by atoms with van der Waals surface area (Å²) in [4.78, 5) is 12.9. The highest BCUT2D eigenvalue weighted by Crippen LogP contribution is 2.28. The van der Waals surface area contributed by atoms with Crippen molar-refractivity contribution in [1.82, 2.24) is 0 Å². The summed E-state index contributed by atoms with van der Waals surface area (Å²) in [7, 11) is 0. The Morgan fingerprint density at radius 1 is 1.10 bits per heavy atom. The summed E-state index contributed by atoms with van der Waals surface area (Å²) < 4.78 is 0. The smallest absolute Gasteiger partial charge is 0.172 e. The van der Waals surface area contributed by atoms with Gasteiger partial charge in [0.1, 0.15) is 0 Å². The lowest BCUT2D eigenvalue weighted by molar-refractivity contribution is 0.0908. The van der Waals surface area contributed by atoms with Gasteiger partial charge in [0, 0.05) is 11.3 Å².